The SMILES string of the molecule is CCCC1(C(=O)O)CCCN1C(=O)NC(C)C(=O)NC. The summed E-state index contributed by atoms with van der Waals surface area (Å²) in [7, 11) is 1.49. The second-order valence-electron chi connectivity index (χ2n) is 5.13. The molecule has 1 saturated heterocycles. The van der Waals surface area contributed by atoms with Crippen LogP contribution in [0.4, 0.5) is 4.79 Å². The monoisotopic (exact) mass is 285 g/mol. The molecule has 1 aliphatic rings. The molecule has 1 heterocycles. The van der Waals surface area contributed by atoms with Gasteiger partial charge in [0.2, 0.25) is 5.91 Å². The molecule has 1 rings (SSSR count). The molecule has 3 amide bonds. The molecule has 1 aliphatic heterocycles. The van der Waals surface area contributed by atoms with Crippen LogP contribution in [-0.2, 0) is 9.59 Å². The molecule has 3 N–H and O–H groups in total. The highest BCUT2D eigenvalue weighted by Crippen LogP contribution is 2.34. The average molecular weight is 285 g/mol. The predicted molar refractivity (Wildman–Crippen MR) is 73.3 cm³/mol. The van der Waals surface area contributed by atoms with Crippen molar-refractivity contribution in [2.75, 3.05) is 13.6 Å². The van der Waals surface area contributed by atoms with Crippen LogP contribution < -0.4 is 10.6 Å². The lowest BCUT2D eigenvalue weighted by Gasteiger charge is -2.35. The molecule has 0 saturated carbocycles. The number of likely N-dealkylation sites (N-methyl/N-ethyl adjacent to an activating group) is 1. The van der Waals surface area contributed by atoms with Crippen LogP contribution in [0.5, 0.6) is 0 Å². The smallest absolute Gasteiger partial charge is 0.329 e. The van der Waals surface area contributed by atoms with Gasteiger partial charge in [0.15, 0.2) is 0 Å². The molecule has 0 aromatic rings. The molecule has 1 fully saturated rings. The number of rotatable bonds is 5. The number of amides is 3. The van der Waals surface area contributed by atoms with Crippen LogP contribution >= 0.6 is 0 Å². The molecule has 2 unspecified atom stereocenters. The summed E-state index contributed by atoms with van der Waals surface area (Å²) in [5.41, 5.74) is -1.14. The van der Waals surface area contributed by atoms with Crippen LogP contribution in [0.2, 0.25) is 0 Å². The highest BCUT2D eigenvalue weighted by Gasteiger charge is 2.49. The first-order chi connectivity index (χ1) is 9.39. The van der Waals surface area contributed by atoms with E-state index < -0.39 is 23.6 Å². The molecule has 20 heavy (non-hydrogen) atoms. The van der Waals surface area contributed by atoms with Gasteiger partial charge in [0.25, 0.3) is 0 Å². The zero-order chi connectivity index (χ0) is 15.3. The molecule has 0 bridgehead atoms. The number of carboxylic acids is 1. The zero-order valence-electron chi connectivity index (χ0n) is 12.2. The number of carbonyl (C=O) groups is 3. The van der Waals surface area contributed by atoms with Gasteiger partial charge in [0, 0.05) is 13.6 Å². The summed E-state index contributed by atoms with van der Waals surface area (Å²) < 4.78 is 0. The fraction of sp³-hybridized carbons (Fsp3) is 0.769. The van der Waals surface area contributed by atoms with Crippen molar-refractivity contribution in [3.8, 4) is 0 Å². The van der Waals surface area contributed by atoms with Crippen LogP contribution in [0.25, 0.3) is 0 Å². The van der Waals surface area contributed by atoms with E-state index in [4.69, 9.17) is 0 Å². The highest BCUT2D eigenvalue weighted by atomic mass is 16.4. The molecule has 0 aliphatic carbocycles. The minimum Gasteiger partial charge on any atom is -0.479 e. The second-order valence-corrected chi connectivity index (χ2v) is 5.13. The van der Waals surface area contributed by atoms with Gasteiger partial charge < -0.3 is 20.6 Å². The van der Waals surface area contributed by atoms with E-state index in [0.717, 1.165) is 0 Å². The van der Waals surface area contributed by atoms with E-state index in [2.05, 4.69) is 10.6 Å². The Labute approximate surface area is 118 Å². The Morgan fingerprint density at radius 2 is 2.05 bits per heavy atom. The molecule has 0 aromatic heterocycles. The van der Waals surface area contributed by atoms with Crippen LogP contribution in [0, 0.1) is 0 Å². The Kier molecular flexibility index (Phi) is 5.35. The first-order valence-electron chi connectivity index (χ1n) is 6.92. The Hall–Kier alpha value is -1.79. The summed E-state index contributed by atoms with van der Waals surface area (Å²) in [6.45, 7) is 3.86. The minimum absolute atomic E-state index is 0.311. The maximum Gasteiger partial charge on any atom is 0.329 e. The fourth-order valence-corrected chi connectivity index (χ4v) is 2.72. The first-order valence-corrected chi connectivity index (χ1v) is 6.92. The van der Waals surface area contributed by atoms with E-state index in [1.165, 1.54) is 11.9 Å². The number of carbonyl (C=O) groups excluding carboxylic acids is 2. The fourth-order valence-electron chi connectivity index (χ4n) is 2.72. The van der Waals surface area contributed by atoms with Gasteiger partial charge in [-0.1, -0.05) is 13.3 Å². The molecule has 0 spiro atoms. The van der Waals surface area contributed by atoms with Gasteiger partial charge >= 0.3 is 12.0 Å². The molecular weight excluding hydrogens is 262 g/mol. The van der Waals surface area contributed by atoms with Crippen molar-refractivity contribution in [2.45, 2.75) is 51.1 Å². The lowest BCUT2D eigenvalue weighted by Crippen LogP contribution is -2.58. The standard InChI is InChI=1S/C13H23N3O4/c1-4-6-13(11(18)19)7-5-8-16(13)12(20)15-9(2)10(17)14-3/h9H,4-8H2,1-3H3,(H,14,17)(H,15,20)(H,18,19). The van der Waals surface area contributed by atoms with E-state index in [0.29, 0.717) is 32.2 Å². The Morgan fingerprint density at radius 3 is 2.55 bits per heavy atom. The van der Waals surface area contributed by atoms with Crippen LogP contribution in [0.3, 0.4) is 0 Å². The van der Waals surface area contributed by atoms with Crippen LogP contribution in [0.15, 0.2) is 0 Å². The molecule has 0 radical (unpaired) electrons. The number of nitrogens with one attached hydrogen (secondary N) is 2. The number of likely N-dealkylation sites (tertiary alicyclic amines) is 1. The number of nitrogens with zero attached hydrogens (tertiary/aromatic N) is 1. The van der Waals surface area contributed by atoms with Crippen molar-refractivity contribution in [3.63, 3.8) is 0 Å². The van der Waals surface area contributed by atoms with Crippen molar-refractivity contribution in [2.24, 2.45) is 0 Å². The molecule has 114 valence electrons. The summed E-state index contributed by atoms with van der Waals surface area (Å²) >= 11 is 0. The zero-order valence-corrected chi connectivity index (χ0v) is 12.2. The maximum absolute atomic E-state index is 12.2. The third-order valence-electron chi connectivity index (χ3n) is 3.78. The van der Waals surface area contributed by atoms with Crippen molar-refractivity contribution >= 4 is 17.9 Å². The van der Waals surface area contributed by atoms with Gasteiger partial charge in [-0.2, -0.15) is 0 Å². The molecule has 0 aromatic carbocycles. The number of urea groups is 1. The Morgan fingerprint density at radius 1 is 1.40 bits per heavy atom. The third-order valence-corrected chi connectivity index (χ3v) is 3.78. The summed E-state index contributed by atoms with van der Waals surface area (Å²) in [6.07, 6.45) is 2.22. The van der Waals surface area contributed by atoms with Crippen molar-refractivity contribution in [1.82, 2.24) is 15.5 Å². The summed E-state index contributed by atoms with van der Waals surface area (Å²) in [5, 5.41) is 14.5. The van der Waals surface area contributed by atoms with Gasteiger partial charge in [-0.25, -0.2) is 9.59 Å². The van der Waals surface area contributed by atoms with E-state index in [1.54, 1.807) is 6.92 Å². The minimum atomic E-state index is -1.14. The quantitative estimate of drug-likeness (QED) is 0.687. The summed E-state index contributed by atoms with van der Waals surface area (Å²) in [5.74, 6) is -1.28. The van der Waals surface area contributed by atoms with Gasteiger partial charge in [0.05, 0.1) is 0 Å². The number of hydrogen-bond donors (Lipinski definition) is 3. The first kappa shape index (κ1) is 16.3. The van der Waals surface area contributed by atoms with E-state index in [-0.39, 0.29) is 5.91 Å². The molecule has 2 atom stereocenters. The van der Waals surface area contributed by atoms with Crippen molar-refractivity contribution < 1.29 is 19.5 Å². The largest absolute Gasteiger partial charge is 0.479 e. The lowest BCUT2D eigenvalue weighted by atomic mass is 9.91. The topological polar surface area (TPSA) is 98.7 Å². The molecule has 7 nitrogen and oxygen atoms in total. The van der Waals surface area contributed by atoms with Crippen molar-refractivity contribution in [3.05, 3.63) is 0 Å². The Balaban J connectivity index is 2.85. The van der Waals surface area contributed by atoms with Crippen LogP contribution in [-0.4, -0.2) is 53.1 Å². The van der Waals surface area contributed by atoms with E-state index in [9.17, 15) is 19.5 Å². The highest BCUT2D eigenvalue weighted by molar-refractivity contribution is 5.90. The van der Waals surface area contributed by atoms with Gasteiger partial charge in [-0.3, -0.25) is 4.79 Å². The van der Waals surface area contributed by atoms with Crippen LogP contribution in [0.1, 0.15) is 39.5 Å². The summed E-state index contributed by atoms with van der Waals surface area (Å²) in [6, 6.07) is -1.18. The predicted octanol–water partition coefficient (Wildman–Crippen LogP) is 0.550. The number of hydrogen-bond acceptors (Lipinski definition) is 3. The maximum atomic E-state index is 12.2. The number of carboxylic acid groups (broad SMARTS) is 1. The molecule has 7 heteroatoms. The Bertz CT molecular complexity index is 399. The molecular formula is C13H23N3O4. The summed E-state index contributed by atoms with van der Waals surface area (Å²) in [4.78, 5) is 36.6. The second kappa shape index (κ2) is 6.58. The average Bonchev–Trinajstić information content (AvgIpc) is 2.83. The van der Waals surface area contributed by atoms with E-state index in [1.807, 2.05) is 6.92 Å². The van der Waals surface area contributed by atoms with E-state index >= 15 is 0 Å². The van der Waals surface area contributed by atoms with Gasteiger partial charge in [0.1, 0.15) is 11.6 Å². The van der Waals surface area contributed by atoms with Gasteiger partial charge in [-0.15, -0.1) is 0 Å². The van der Waals surface area contributed by atoms with Crippen molar-refractivity contribution in [1.29, 1.82) is 0 Å². The lowest BCUT2D eigenvalue weighted by molar-refractivity contribution is -0.148. The normalized spacial score (nSPS) is 23.2. The third kappa shape index (κ3) is 3.02. The number of aliphatic carboxylic acids is 1. The van der Waals surface area contributed by atoms with Gasteiger partial charge in [-0.05, 0) is 26.2 Å².